The number of hydrogen-bond donors (Lipinski definition) is 1. The Bertz CT molecular complexity index is 968. The van der Waals surface area contributed by atoms with Crippen LogP contribution in [0.3, 0.4) is 0 Å². The zero-order valence-electron chi connectivity index (χ0n) is 19.5. The van der Waals surface area contributed by atoms with Crippen LogP contribution in [0.2, 0.25) is 0 Å². The SMILES string of the molecule is CN(C(=O)OC(C)(C)C)[C@H]1C[C@H](Oc2cc(-c3cnc(N)nc3)nc(N3CCOCC3)n2)C1. The van der Waals surface area contributed by atoms with Crippen LogP contribution in [0, 0.1) is 0 Å². The summed E-state index contributed by atoms with van der Waals surface area (Å²) in [4.78, 5) is 33.5. The Morgan fingerprint density at radius 3 is 2.48 bits per heavy atom. The number of ether oxygens (including phenoxy) is 3. The Hall–Kier alpha value is -3.21. The molecule has 2 aromatic heterocycles. The molecule has 2 N–H and O–H groups in total. The standard InChI is InChI=1S/C22H31N7O4/c1-22(2,3)33-21(30)28(4)15-9-16(10-15)32-18-11-17(14-12-24-19(23)25-13-14)26-20(27-18)29-5-7-31-8-6-29/h11-13,15-16H,5-10H2,1-4H3,(H2,23,24,25)/t15-,16-. The molecule has 1 saturated carbocycles. The number of amides is 1. The normalized spacial score (nSPS) is 20.7. The van der Waals surface area contributed by atoms with E-state index in [0.717, 1.165) is 5.56 Å². The first-order valence-electron chi connectivity index (χ1n) is 11.1. The van der Waals surface area contributed by atoms with Crippen molar-refractivity contribution in [1.29, 1.82) is 0 Å². The van der Waals surface area contributed by atoms with Gasteiger partial charge in [-0.05, 0) is 20.8 Å². The second-order valence-electron chi connectivity index (χ2n) is 9.28. The second-order valence-corrected chi connectivity index (χ2v) is 9.28. The number of anilines is 2. The van der Waals surface area contributed by atoms with Crippen LogP contribution < -0.4 is 15.4 Å². The number of carbonyl (C=O) groups excluding carboxylic acids is 1. The molecule has 1 aliphatic carbocycles. The van der Waals surface area contributed by atoms with E-state index < -0.39 is 5.60 Å². The topological polar surface area (TPSA) is 129 Å². The van der Waals surface area contributed by atoms with Gasteiger partial charge < -0.3 is 29.7 Å². The lowest BCUT2D eigenvalue weighted by Gasteiger charge is -2.40. The predicted octanol–water partition coefficient (Wildman–Crippen LogP) is 2.13. The van der Waals surface area contributed by atoms with Gasteiger partial charge in [0.2, 0.25) is 17.8 Å². The quantitative estimate of drug-likeness (QED) is 0.713. The molecule has 1 aliphatic heterocycles. The smallest absolute Gasteiger partial charge is 0.410 e. The molecule has 3 heterocycles. The summed E-state index contributed by atoms with van der Waals surface area (Å²) in [7, 11) is 1.76. The van der Waals surface area contributed by atoms with Gasteiger partial charge in [-0.15, -0.1) is 0 Å². The minimum absolute atomic E-state index is 0.0529. The molecule has 0 aromatic carbocycles. The maximum absolute atomic E-state index is 12.3. The summed E-state index contributed by atoms with van der Waals surface area (Å²) in [6, 6.07) is 1.85. The van der Waals surface area contributed by atoms with Crippen LogP contribution in [0.5, 0.6) is 5.88 Å². The number of nitrogens with zero attached hydrogens (tertiary/aromatic N) is 6. The largest absolute Gasteiger partial charge is 0.474 e. The van der Waals surface area contributed by atoms with E-state index in [2.05, 4.69) is 19.9 Å². The Balaban J connectivity index is 1.46. The van der Waals surface area contributed by atoms with Gasteiger partial charge in [-0.25, -0.2) is 19.7 Å². The van der Waals surface area contributed by atoms with Crippen molar-refractivity contribution in [2.45, 2.75) is 51.4 Å². The summed E-state index contributed by atoms with van der Waals surface area (Å²) < 4.78 is 17.1. The summed E-state index contributed by atoms with van der Waals surface area (Å²) >= 11 is 0. The van der Waals surface area contributed by atoms with E-state index >= 15 is 0 Å². The van der Waals surface area contributed by atoms with E-state index in [1.54, 1.807) is 30.4 Å². The molecule has 4 rings (SSSR count). The van der Waals surface area contributed by atoms with Crippen molar-refractivity contribution < 1.29 is 19.0 Å². The lowest BCUT2D eigenvalue weighted by Crippen LogP contribution is -2.51. The minimum Gasteiger partial charge on any atom is -0.474 e. The van der Waals surface area contributed by atoms with Crippen LogP contribution in [0.1, 0.15) is 33.6 Å². The van der Waals surface area contributed by atoms with Crippen LogP contribution in [-0.2, 0) is 9.47 Å². The summed E-state index contributed by atoms with van der Waals surface area (Å²) in [6.07, 6.45) is 4.29. The number of hydrogen-bond acceptors (Lipinski definition) is 10. The maximum Gasteiger partial charge on any atom is 0.410 e. The van der Waals surface area contributed by atoms with Crippen molar-refractivity contribution in [3.63, 3.8) is 0 Å². The Kier molecular flexibility index (Phi) is 6.50. The molecule has 11 nitrogen and oxygen atoms in total. The van der Waals surface area contributed by atoms with Gasteiger partial charge in [0.1, 0.15) is 11.7 Å². The van der Waals surface area contributed by atoms with Gasteiger partial charge in [0.05, 0.1) is 18.9 Å². The second kappa shape index (κ2) is 9.34. The van der Waals surface area contributed by atoms with E-state index in [1.165, 1.54) is 0 Å². The van der Waals surface area contributed by atoms with Gasteiger partial charge in [-0.3, -0.25) is 0 Å². The summed E-state index contributed by atoms with van der Waals surface area (Å²) in [6.45, 7) is 8.22. The fourth-order valence-electron chi connectivity index (χ4n) is 3.60. The van der Waals surface area contributed by atoms with Crippen molar-refractivity contribution in [1.82, 2.24) is 24.8 Å². The van der Waals surface area contributed by atoms with Gasteiger partial charge in [-0.2, -0.15) is 4.98 Å². The monoisotopic (exact) mass is 457 g/mol. The third-order valence-electron chi connectivity index (χ3n) is 5.54. The van der Waals surface area contributed by atoms with Crippen LogP contribution in [0.15, 0.2) is 18.5 Å². The number of morpholine rings is 1. The molecular weight excluding hydrogens is 426 g/mol. The van der Waals surface area contributed by atoms with Gasteiger partial charge in [0.15, 0.2) is 0 Å². The van der Waals surface area contributed by atoms with Crippen LogP contribution >= 0.6 is 0 Å². The van der Waals surface area contributed by atoms with Crippen molar-refractivity contribution >= 4 is 18.0 Å². The molecule has 1 amide bonds. The Morgan fingerprint density at radius 2 is 1.85 bits per heavy atom. The molecule has 0 bridgehead atoms. The number of nitrogen functional groups attached to an aromatic ring is 1. The molecule has 178 valence electrons. The molecule has 2 fully saturated rings. The number of rotatable bonds is 5. The lowest BCUT2D eigenvalue weighted by molar-refractivity contribution is -0.00964. The molecule has 0 spiro atoms. The first-order chi connectivity index (χ1) is 15.7. The van der Waals surface area contributed by atoms with E-state index in [1.807, 2.05) is 20.8 Å². The van der Waals surface area contributed by atoms with Gasteiger partial charge in [-0.1, -0.05) is 0 Å². The Labute approximate surface area is 193 Å². The summed E-state index contributed by atoms with van der Waals surface area (Å²) in [5, 5.41) is 0. The number of nitrogens with two attached hydrogens (primary N) is 1. The third kappa shape index (κ3) is 5.78. The molecule has 11 heteroatoms. The van der Waals surface area contributed by atoms with Crippen molar-refractivity contribution in [2.75, 3.05) is 44.0 Å². The number of aromatic nitrogens is 4. The van der Waals surface area contributed by atoms with Gasteiger partial charge in [0.25, 0.3) is 0 Å². The molecule has 0 atom stereocenters. The molecule has 1 saturated heterocycles. The summed E-state index contributed by atoms with van der Waals surface area (Å²) in [5.74, 6) is 1.25. The molecule has 2 aromatic rings. The highest BCUT2D eigenvalue weighted by Gasteiger charge is 2.37. The molecule has 2 aliphatic rings. The zero-order chi connectivity index (χ0) is 23.6. The van der Waals surface area contributed by atoms with E-state index in [9.17, 15) is 4.79 Å². The summed E-state index contributed by atoms with van der Waals surface area (Å²) in [5.41, 5.74) is 6.48. The molecular formula is C22H31N7O4. The van der Waals surface area contributed by atoms with E-state index in [-0.39, 0.29) is 24.2 Å². The number of carbonyl (C=O) groups is 1. The Morgan fingerprint density at radius 1 is 1.18 bits per heavy atom. The fraction of sp³-hybridized carbons (Fsp3) is 0.591. The minimum atomic E-state index is -0.524. The predicted molar refractivity (Wildman–Crippen MR) is 122 cm³/mol. The van der Waals surface area contributed by atoms with Crippen molar-refractivity contribution in [2.24, 2.45) is 0 Å². The first kappa shape index (κ1) is 23.0. The molecule has 0 unspecified atom stereocenters. The highest BCUT2D eigenvalue weighted by molar-refractivity contribution is 5.68. The fourth-order valence-corrected chi connectivity index (χ4v) is 3.60. The lowest BCUT2D eigenvalue weighted by atomic mass is 9.88. The van der Waals surface area contributed by atoms with Crippen LogP contribution in [0.4, 0.5) is 16.7 Å². The average molecular weight is 458 g/mol. The third-order valence-corrected chi connectivity index (χ3v) is 5.54. The first-order valence-corrected chi connectivity index (χ1v) is 11.1. The van der Waals surface area contributed by atoms with Crippen LogP contribution in [0.25, 0.3) is 11.3 Å². The van der Waals surface area contributed by atoms with Gasteiger partial charge in [0, 0.05) is 63.0 Å². The van der Waals surface area contributed by atoms with Crippen LogP contribution in [-0.4, -0.2) is 82.0 Å². The van der Waals surface area contributed by atoms with Crippen molar-refractivity contribution in [3.05, 3.63) is 18.5 Å². The van der Waals surface area contributed by atoms with E-state index in [4.69, 9.17) is 24.9 Å². The zero-order valence-corrected chi connectivity index (χ0v) is 19.5. The highest BCUT2D eigenvalue weighted by atomic mass is 16.6. The molecule has 0 radical (unpaired) electrons. The van der Waals surface area contributed by atoms with Crippen molar-refractivity contribution in [3.8, 4) is 17.1 Å². The maximum atomic E-state index is 12.3. The molecule has 33 heavy (non-hydrogen) atoms. The average Bonchev–Trinajstić information content (AvgIpc) is 2.75. The van der Waals surface area contributed by atoms with Gasteiger partial charge >= 0.3 is 6.09 Å². The highest BCUT2D eigenvalue weighted by Crippen LogP contribution is 2.31. The van der Waals surface area contributed by atoms with E-state index in [0.29, 0.717) is 56.7 Å².